The van der Waals surface area contributed by atoms with Gasteiger partial charge in [0, 0.05) is 32.6 Å². The van der Waals surface area contributed by atoms with Gasteiger partial charge in [0.05, 0.1) is 5.33 Å². The molecule has 1 aliphatic rings. The van der Waals surface area contributed by atoms with Crippen LogP contribution < -0.4 is 0 Å². The van der Waals surface area contributed by atoms with E-state index < -0.39 is 0 Å². The zero-order valence-electron chi connectivity index (χ0n) is 8.09. The summed E-state index contributed by atoms with van der Waals surface area (Å²) in [5.41, 5.74) is 0. The lowest BCUT2D eigenvalue weighted by Crippen LogP contribution is -2.47. The molecule has 1 aliphatic heterocycles. The summed E-state index contributed by atoms with van der Waals surface area (Å²) in [6.45, 7) is 3.75. The van der Waals surface area contributed by atoms with Gasteiger partial charge in [-0.1, -0.05) is 15.9 Å². The highest BCUT2D eigenvalue weighted by molar-refractivity contribution is 9.09. The van der Waals surface area contributed by atoms with Crippen molar-refractivity contribution in [2.45, 2.75) is 0 Å². The molecule has 0 aromatic rings. The van der Waals surface area contributed by atoms with Crippen molar-refractivity contribution < 1.29 is 4.79 Å². The number of alkyl halides is 2. The maximum atomic E-state index is 11.1. The Labute approximate surface area is 93.1 Å². The summed E-state index contributed by atoms with van der Waals surface area (Å²) in [4.78, 5) is 15.3. The predicted octanol–water partition coefficient (Wildman–Crippen LogP) is 1.01. The molecule has 0 spiro atoms. The van der Waals surface area contributed by atoms with E-state index in [9.17, 15) is 4.79 Å². The van der Waals surface area contributed by atoms with Gasteiger partial charge in [-0.2, -0.15) is 0 Å². The van der Waals surface area contributed by atoms with Crippen LogP contribution in [0.1, 0.15) is 0 Å². The summed E-state index contributed by atoms with van der Waals surface area (Å²) in [5, 5.41) is 0.455. The highest BCUT2D eigenvalue weighted by Gasteiger charge is 2.17. The van der Waals surface area contributed by atoms with E-state index in [1.807, 2.05) is 4.90 Å². The SMILES string of the molecule is CCl.CN1CCN(C(=O)CBr)CC1. The largest absolute Gasteiger partial charge is 0.339 e. The maximum absolute atomic E-state index is 11.1. The van der Waals surface area contributed by atoms with Gasteiger partial charge in [0.25, 0.3) is 0 Å². The van der Waals surface area contributed by atoms with Crippen LogP contribution in [-0.2, 0) is 4.79 Å². The van der Waals surface area contributed by atoms with Crippen molar-refractivity contribution in [1.29, 1.82) is 0 Å². The van der Waals surface area contributed by atoms with Gasteiger partial charge >= 0.3 is 0 Å². The highest BCUT2D eigenvalue weighted by Crippen LogP contribution is 2.00. The number of nitrogens with zero attached hydrogens (tertiary/aromatic N) is 2. The Balaban J connectivity index is 0.000000671. The van der Waals surface area contributed by atoms with Gasteiger partial charge in [0.1, 0.15) is 0 Å². The quantitative estimate of drug-likeness (QED) is 0.665. The van der Waals surface area contributed by atoms with Gasteiger partial charge < -0.3 is 9.80 Å². The Hall–Kier alpha value is 0.200. The van der Waals surface area contributed by atoms with E-state index in [1.54, 1.807) is 0 Å². The molecule has 0 radical (unpaired) electrons. The van der Waals surface area contributed by atoms with Crippen LogP contribution in [-0.4, -0.2) is 60.6 Å². The Morgan fingerprint density at radius 2 is 1.77 bits per heavy atom. The third-order valence-electron chi connectivity index (χ3n) is 1.97. The molecule has 0 unspecified atom stereocenters. The molecule has 0 saturated carbocycles. The molecule has 78 valence electrons. The molecule has 3 nitrogen and oxygen atoms in total. The smallest absolute Gasteiger partial charge is 0.233 e. The van der Waals surface area contributed by atoms with E-state index in [1.165, 1.54) is 6.38 Å². The second-order valence-corrected chi connectivity index (χ2v) is 3.38. The van der Waals surface area contributed by atoms with Gasteiger partial charge in [-0.25, -0.2) is 0 Å². The van der Waals surface area contributed by atoms with Crippen LogP contribution in [0, 0.1) is 0 Å². The maximum Gasteiger partial charge on any atom is 0.233 e. The standard InChI is InChI=1S/C7H13BrN2O.CH3Cl/c1-9-2-4-10(5-3-9)7(11)6-8;1-2/h2-6H2,1H3;1H3. The molecular formula is C8H16BrClN2O. The summed E-state index contributed by atoms with van der Waals surface area (Å²) in [7, 11) is 2.08. The molecule has 1 heterocycles. The Morgan fingerprint density at radius 3 is 2.15 bits per heavy atom. The van der Waals surface area contributed by atoms with E-state index in [4.69, 9.17) is 0 Å². The topological polar surface area (TPSA) is 23.6 Å². The second-order valence-electron chi connectivity index (χ2n) is 2.82. The van der Waals surface area contributed by atoms with Gasteiger partial charge in [0.15, 0.2) is 0 Å². The lowest BCUT2D eigenvalue weighted by Gasteiger charge is -2.31. The van der Waals surface area contributed by atoms with Crippen molar-refractivity contribution >= 4 is 33.4 Å². The van der Waals surface area contributed by atoms with Crippen molar-refractivity contribution in [2.24, 2.45) is 0 Å². The molecule has 1 amide bonds. The lowest BCUT2D eigenvalue weighted by atomic mass is 10.3. The third kappa shape index (κ3) is 4.84. The molecule has 0 aliphatic carbocycles. The van der Waals surface area contributed by atoms with Crippen molar-refractivity contribution in [2.75, 3.05) is 44.9 Å². The average Bonchev–Trinajstić information content (AvgIpc) is 2.21. The Bertz CT molecular complexity index is 149. The number of likely N-dealkylation sites (N-methyl/N-ethyl adjacent to an activating group) is 1. The van der Waals surface area contributed by atoms with Gasteiger partial charge in [-0.3, -0.25) is 4.79 Å². The minimum absolute atomic E-state index is 0.207. The first-order valence-electron chi connectivity index (χ1n) is 4.14. The van der Waals surface area contributed by atoms with Crippen molar-refractivity contribution in [3.63, 3.8) is 0 Å². The third-order valence-corrected chi connectivity index (χ3v) is 2.45. The Morgan fingerprint density at radius 1 is 1.31 bits per heavy atom. The monoisotopic (exact) mass is 270 g/mol. The fourth-order valence-corrected chi connectivity index (χ4v) is 1.50. The van der Waals surface area contributed by atoms with Crippen molar-refractivity contribution in [1.82, 2.24) is 9.80 Å². The fourth-order valence-electron chi connectivity index (χ4n) is 1.14. The van der Waals surface area contributed by atoms with Gasteiger partial charge in [-0.05, 0) is 7.05 Å². The van der Waals surface area contributed by atoms with E-state index in [0.29, 0.717) is 5.33 Å². The molecule has 0 N–H and O–H groups in total. The van der Waals surface area contributed by atoms with Crippen LogP contribution in [0.3, 0.4) is 0 Å². The van der Waals surface area contributed by atoms with Gasteiger partial charge in [-0.15, -0.1) is 11.6 Å². The Kier molecular flexibility index (Phi) is 7.71. The molecule has 0 aromatic carbocycles. The average molecular weight is 272 g/mol. The van der Waals surface area contributed by atoms with Crippen molar-refractivity contribution in [3.05, 3.63) is 0 Å². The number of hydrogen-bond acceptors (Lipinski definition) is 2. The minimum atomic E-state index is 0.207. The van der Waals surface area contributed by atoms with Crippen LogP contribution >= 0.6 is 27.5 Å². The van der Waals surface area contributed by atoms with Crippen LogP contribution in [0.5, 0.6) is 0 Å². The molecule has 0 atom stereocenters. The molecule has 1 saturated heterocycles. The first-order valence-corrected chi connectivity index (χ1v) is 6.02. The molecule has 1 rings (SSSR count). The number of rotatable bonds is 1. The molecule has 1 fully saturated rings. The number of amides is 1. The molecule has 0 aromatic heterocycles. The molecule has 0 bridgehead atoms. The number of carbonyl (C=O) groups excluding carboxylic acids is 1. The zero-order chi connectivity index (χ0) is 10.3. The fraction of sp³-hybridized carbons (Fsp3) is 0.875. The predicted molar refractivity (Wildman–Crippen MR) is 59.6 cm³/mol. The summed E-state index contributed by atoms with van der Waals surface area (Å²) >= 11 is 7.80. The zero-order valence-corrected chi connectivity index (χ0v) is 10.4. The molecular weight excluding hydrogens is 255 g/mol. The second kappa shape index (κ2) is 7.59. The highest BCUT2D eigenvalue weighted by atomic mass is 79.9. The number of hydrogen-bond donors (Lipinski definition) is 0. The molecule has 13 heavy (non-hydrogen) atoms. The molecule has 5 heteroatoms. The van der Waals surface area contributed by atoms with Crippen LogP contribution in [0.25, 0.3) is 0 Å². The number of carbonyl (C=O) groups is 1. The van der Waals surface area contributed by atoms with Crippen LogP contribution in [0.4, 0.5) is 0 Å². The van der Waals surface area contributed by atoms with E-state index >= 15 is 0 Å². The van der Waals surface area contributed by atoms with E-state index in [0.717, 1.165) is 26.2 Å². The first-order chi connectivity index (χ1) is 6.24. The summed E-state index contributed by atoms with van der Waals surface area (Å²) in [5.74, 6) is 0.207. The van der Waals surface area contributed by atoms with Gasteiger partial charge in [0.2, 0.25) is 5.91 Å². The summed E-state index contributed by atoms with van der Waals surface area (Å²) < 4.78 is 0. The summed E-state index contributed by atoms with van der Waals surface area (Å²) in [6, 6.07) is 0. The van der Waals surface area contributed by atoms with Crippen LogP contribution in [0.15, 0.2) is 0 Å². The van der Waals surface area contributed by atoms with Crippen molar-refractivity contribution in [3.8, 4) is 0 Å². The van der Waals surface area contributed by atoms with Crippen LogP contribution in [0.2, 0.25) is 0 Å². The summed E-state index contributed by atoms with van der Waals surface area (Å²) in [6.07, 6.45) is 1.47. The van der Waals surface area contributed by atoms with E-state index in [2.05, 4.69) is 39.5 Å². The first kappa shape index (κ1) is 13.2. The van der Waals surface area contributed by atoms with E-state index in [-0.39, 0.29) is 5.91 Å². The number of halogens is 2. The minimum Gasteiger partial charge on any atom is -0.339 e. The lowest BCUT2D eigenvalue weighted by molar-refractivity contribution is -0.129. The normalized spacial score (nSPS) is 17.7. The number of piperazine rings is 1.